The number of urea groups is 1. The maximum atomic E-state index is 14.7. The third kappa shape index (κ3) is 7.86. The van der Waals surface area contributed by atoms with Crippen LogP contribution < -0.4 is 15.5 Å². The molecule has 0 atom stereocenters. The zero-order valence-electron chi connectivity index (χ0n) is 22.7. The molecule has 0 saturated heterocycles. The van der Waals surface area contributed by atoms with Gasteiger partial charge in [0.1, 0.15) is 0 Å². The lowest BCUT2D eigenvalue weighted by molar-refractivity contribution is -0.140. The van der Waals surface area contributed by atoms with E-state index in [-0.39, 0.29) is 25.1 Å². The number of rotatable bonds is 9. The van der Waals surface area contributed by atoms with E-state index in [1.165, 1.54) is 23.5 Å². The molecule has 0 spiro atoms. The van der Waals surface area contributed by atoms with Gasteiger partial charge in [-0.2, -0.15) is 13.2 Å². The van der Waals surface area contributed by atoms with Crippen molar-refractivity contribution >= 4 is 29.3 Å². The van der Waals surface area contributed by atoms with Crippen molar-refractivity contribution in [3.63, 3.8) is 0 Å². The van der Waals surface area contributed by atoms with Crippen LogP contribution in [0.5, 0.6) is 0 Å². The molecule has 1 aliphatic rings. The maximum Gasteiger partial charge on any atom is 0.419 e. The summed E-state index contributed by atoms with van der Waals surface area (Å²) < 4.78 is 54.4. The molecule has 42 heavy (non-hydrogen) atoms. The smallest absolute Gasteiger partial charge is 0.419 e. The fraction of sp³-hybridized carbons (Fsp3) is 0.323. The van der Waals surface area contributed by atoms with Gasteiger partial charge in [-0.05, 0) is 66.3 Å². The Balaban J connectivity index is 1.57. The molecule has 4 rings (SSSR count). The minimum atomic E-state index is -4.93. The second kappa shape index (κ2) is 13.5. The van der Waals surface area contributed by atoms with Crippen LogP contribution in [0.15, 0.2) is 66.7 Å². The van der Waals surface area contributed by atoms with Crippen molar-refractivity contribution in [1.82, 2.24) is 5.32 Å². The fourth-order valence-electron chi connectivity index (χ4n) is 5.00. The summed E-state index contributed by atoms with van der Waals surface area (Å²) in [5.41, 5.74) is 0.375. The lowest BCUT2D eigenvalue weighted by atomic mass is 9.84. The number of benzene rings is 3. The molecular formula is C31H31F4N3O4. The number of anilines is 2. The Hall–Kier alpha value is -4.41. The normalized spacial score (nSPS) is 13.8. The van der Waals surface area contributed by atoms with Gasteiger partial charge in [0.05, 0.1) is 24.2 Å². The Morgan fingerprint density at radius 2 is 1.57 bits per heavy atom. The van der Waals surface area contributed by atoms with E-state index in [1.807, 2.05) is 12.1 Å². The van der Waals surface area contributed by atoms with Gasteiger partial charge in [-0.25, -0.2) is 9.18 Å². The summed E-state index contributed by atoms with van der Waals surface area (Å²) in [7, 11) is 0. The minimum Gasteiger partial charge on any atom is -0.481 e. The van der Waals surface area contributed by atoms with Crippen molar-refractivity contribution in [3.8, 4) is 0 Å². The van der Waals surface area contributed by atoms with Gasteiger partial charge in [-0.3, -0.25) is 14.5 Å². The first kappa shape index (κ1) is 30.5. The van der Waals surface area contributed by atoms with Crippen LogP contribution in [0.1, 0.15) is 71.5 Å². The van der Waals surface area contributed by atoms with Crippen LogP contribution in [-0.2, 0) is 17.5 Å². The van der Waals surface area contributed by atoms with Gasteiger partial charge < -0.3 is 15.7 Å². The summed E-state index contributed by atoms with van der Waals surface area (Å²) in [6.45, 7) is -0.0665. The number of hydrogen-bond donors (Lipinski definition) is 3. The molecular weight excluding hydrogens is 554 g/mol. The first-order valence-electron chi connectivity index (χ1n) is 13.7. The lowest BCUT2D eigenvalue weighted by Crippen LogP contribution is -2.35. The van der Waals surface area contributed by atoms with E-state index in [4.69, 9.17) is 5.11 Å². The Morgan fingerprint density at radius 1 is 0.905 bits per heavy atom. The number of carboxylic acid groups (broad SMARTS) is 1. The summed E-state index contributed by atoms with van der Waals surface area (Å²) in [4.78, 5) is 37.7. The second-order valence-electron chi connectivity index (χ2n) is 10.2. The standard InChI is InChI=1S/C31H31F4N3O4/c32-28-25(31(33,34)35)7-4-8-26(28)37-30(42)38(24-15-13-22(14-16-24)21-5-2-1-3-6-21)19-20-9-11-23(12-10-20)29(41)36-18-17-27(39)40/h4,7-16,21H,1-3,5-6,17-19H2,(H,36,41)(H,37,42)(H,39,40). The topological polar surface area (TPSA) is 98.7 Å². The average Bonchev–Trinajstić information content (AvgIpc) is 2.97. The van der Waals surface area contributed by atoms with Gasteiger partial charge in [0, 0.05) is 17.8 Å². The quantitative estimate of drug-likeness (QED) is 0.229. The highest BCUT2D eigenvalue weighted by Crippen LogP contribution is 2.35. The number of nitrogens with zero attached hydrogens (tertiary/aromatic N) is 1. The van der Waals surface area contributed by atoms with E-state index >= 15 is 0 Å². The fourth-order valence-corrected chi connectivity index (χ4v) is 5.00. The van der Waals surface area contributed by atoms with Gasteiger partial charge in [0.2, 0.25) is 0 Å². The largest absolute Gasteiger partial charge is 0.481 e. The molecule has 7 nitrogen and oxygen atoms in total. The number of nitrogens with one attached hydrogen (secondary N) is 2. The Labute approximate surface area is 240 Å². The van der Waals surface area contributed by atoms with Gasteiger partial charge in [-0.1, -0.05) is 49.6 Å². The van der Waals surface area contributed by atoms with E-state index in [2.05, 4.69) is 10.6 Å². The highest BCUT2D eigenvalue weighted by atomic mass is 19.4. The van der Waals surface area contributed by atoms with Gasteiger partial charge in [-0.15, -0.1) is 0 Å². The highest BCUT2D eigenvalue weighted by molar-refractivity contribution is 6.02. The van der Waals surface area contributed by atoms with Crippen molar-refractivity contribution in [2.45, 2.75) is 57.2 Å². The van der Waals surface area contributed by atoms with Crippen molar-refractivity contribution in [2.75, 3.05) is 16.8 Å². The van der Waals surface area contributed by atoms with Crippen LogP contribution in [0.2, 0.25) is 0 Å². The average molecular weight is 586 g/mol. The molecule has 1 fully saturated rings. The van der Waals surface area contributed by atoms with Crippen LogP contribution in [0.3, 0.4) is 0 Å². The number of carbonyl (C=O) groups excluding carboxylic acids is 2. The molecule has 1 saturated carbocycles. The molecule has 3 aromatic rings. The zero-order chi connectivity index (χ0) is 30.3. The van der Waals surface area contributed by atoms with Crippen molar-refractivity contribution < 1.29 is 37.1 Å². The number of carbonyl (C=O) groups is 3. The summed E-state index contributed by atoms with van der Waals surface area (Å²) in [5, 5.41) is 13.5. The summed E-state index contributed by atoms with van der Waals surface area (Å²) in [6, 6.07) is 15.5. The molecule has 0 heterocycles. The molecule has 3 amide bonds. The van der Waals surface area contributed by atoms with Crippen LogP contribution in [0.4, 0.5) is 33.7 Å². The third-order valence-electron chi connectivity index (χ3n) is 7.25. The first-order chi connectivity index (χ1) is 20.0. The van der Waals surface area contributed by atoms with E-state index in [0.717, 1.165) is 43.4 Å². The molecule has 0 aromatic heterocycles. The van der Waals surface area contributed by atoms with Crippen LogP contribution in [0, 0.1) is 5.82 Å². The Kier molecular flexibility index (Phi) is 9.82. The number of aliphatic carboxylic acids is 1. The monoisotopic (exact) mass is 585 g/mol. The maximum absolute atomic E-state index is 14.7. The molecule has 3 aromatic carbocycles. The first-order valence-corrected chi connectivity index (χ1v) is 13.7. The van der Waals surface area contributed by atoms with E-state index in [0.29, 0.717) is 23.2 Å². The van der Waals surface area contributed by atoms with Gasteiger partial charge in [0.15, 0.2) is 5.82 Å². The van der Waals surface area contributed by atoms with Gasteiger partial charge in [0.25, 0.3) is 5.91 Å². The molecule has 222 valence electrons. The third-order valence-corrected chi connectivity index (χ3v) is 7.25. The van der Waals surface area contributed by atoms with Crippen molar-refractivity contribution in [2.24, 2.45) is 0 Å². The number of amides is 3. The van der Waals surface area contributed by atoms with Crippen LogP contribution in [-0.4, -0.2) is 29.6 Å². The molecule has 0 bridgehead atoms. The zero-order valence-corrected chi connectivity index (χ0v) is 22.7. The number of hydrogen-bond acceptors (Lipinski definition) is 3. The minimum absolute atomic E-state index is 0.0316. The van der Waals surface area contributed by atoms with Crippen LogP contribution >= 0.6 is 0 Å². The summed E-state index contributed by atoms with van der Waals surface area (Å²) >= 11 is 0. The van der Waals surface area contributed by atoms with Crippen LogP contribution in [0.25, 0.3) is 0 Å². The number of carboxylic acids is 1. The molecule has 11 heteroatoms. The van der Waals surface area contributed by atoms with Gasteiger partial charge >= 0.3 is 18.2 Å². The molecule has 0 unspecified atom stereocenters. The van der Waals surface area contributed by atoms with E-state index < -0.39 is 41.2 Å². The summed E-state index contributed by atoms with van der Waals surface area (Å²) in [5.74, 6) is -2.66. The highest BCUT2D eigenvalue weighted by Gasteiger charge is 2.35. The van der Waals surface area contributed by atoms with Crippen molar-refractivity contribution in [1.29, 1.82) is 0 Å². The molecule has 0 radical (unpaired) electrons. The molecule has 3 N–H and O–H groups in total. The molecule has 0 aliphatic heterocycles. The predicted octanol–water partition coefficient (Wildman–Crippen LogP) is 7.34. The predicted molar refractivity (Wildman–Crippen MR) is 150 cm³/mol. The lowest BCUT2D eigenvalue weighted by Gasteiger charge is -2.26. The van der Waals surface area contributed by atoms with E-state index in [9.17, 15) is 31.9 Å². The Morgan fingerprint density at radius 3 is 2.19 bits per heavy atom. The summed E-state index contributed by atoms with van der Waals surface area (Å²) in [6.07, 6.45) is 0.510. The number of alkyl halides is 3. The SMILES string of the molecule is O=C(O)CCNC(=O)c1ccc(CN(C(=O)Nc2cccc(C(F)(F)F)c2F)c2ccc(C3CCCCC3)cc2)cc1. The molecule has 1 aliphatic carbocycles. The van der Waals surface area contributed by atoms with Crippen molar-refractivity contribution in [3.05, 3.63) is 94.8 Å². The van der Waals surface area contributed by atoms with E-state index in [1.54, 1.807) is 24.3 Å². The number of halogens is 4. The Bertz CT molecular complexity index is 1400. The second-order valence-corrected chi connectivity index (χ2v) is 10.2.